The molecular formula is C12H14INO2. The van der Waals surface area contributed by atoms with Gasteiger partial charge in [-0.05, 0) is 59.3 Å². The van der Waals surface area contributed by atoms with E-state index in [1.165, 1.54) is 18.2 Å². The van der Waals surface area contributed by atoms with Crippen molar-refractivity contribution >= 4 is 28.6 Å². The highest BCUT2D eigenvalue weighted by Gasteiger charge is 2.18. The Morgan fingerprint density at radius 3 is 2.94 bits per heavy atom. The SMILES string of the molecule is COC(=O)c1cc(I)c2c(c1)CCN(C)C2. The van der Waals surface area contributed by atoms with Gasteiger partial charge in [0.15, 0.2) is 0 Å². The number of likely N-dealkylation sites (N-methyl/N-ethyl adjacent to an activating group) is 1. The van der Waals surface area contributed by atoms with Gasteiger partial charge in [0.1, 0.15) is 0 Å². The van der Waals surface area contributed by atoms with E-state index in [9.17, 15) is 4.79 Å². The van der Waals surface area contributed by atoms with Crippen molar-refractivity contribution in [3.63, 3.8) is 0 Å². The van der Waals surface area contributed by atoms with Gasteiger partial charge in [0.2, 0.25) is 0 Å². The van der Waals surface area contributed by atoms with Crippen molar-refractivity contribution in [2.24, 2.45) is 0 Å². The third-order valence-corrected chi connectivity index (χ3v) is 3.86. The summed E-state index contributed by atoms with van der Waals surface area (Å²) in [6.07, 6.45) is 1.01. The van der Waals surface area contributed by atoms with E-state index >= 15 is 0 Å². The van der Waals surface area contributed by atoms with Gasteiger partial charge in [0.05, 0.1) is 12.7 Å². The zero-order valence-electron chi connectivity index (χ0n) is 9.42. The summed E-state index contributed by atoms with van der Waals surface area (Å²) < 4.78 is 5.91. The Morgan fingerprint density at radius 2 is 2.25 bits per heavy atom. The van der Waals surface area contributed by atoms with Gasteiger partial charge in [-0.1, -0.05) is 0 Å². The second kappa shape index (κ2) is 4.71. The molecule has 16 heavy (non-hydrogen) atoms. The van der Waals surface area contributed by atoms with Crippen molar-refractivity contribution in [3.05, 3.63) is 32.4 Å². The highest BCUT2D eigenvalue weighted by molar-refractivity contribution is 14.1. The molecule has 1 aromatic carbocycles. The summed E-state index contributed by atoms with van der Waals surface area (Å²) in [7, 11) is 3.54. The molecule has 0 aliphatic carbocycles. The first-order chi connectivity index (χ1) is 7.61. The number of esters is 1. The average molecular weight is 331 g/mol. The number of rotatable bonds is 1. The van der Waals surface area contributed by atoms with Crippen LogP contribution in [0.15, 0.2) is 12.1 Å². The number of hydrogen-bond donors (Lipinski definition) is 0. The summed E-state index contributed by atoms with van der Waals surface area (Å²) in [5, 5.41) is 0. The number of nitrogens with zero attached hydrogens (tertiary/aromatic N) is 1. The molecule has 0 atom stereocenters. The normalized spacial score (nSPS) is 15.7. The molecule has 1 aromatic rings. The van der Waals surface area contributed by atoms with E-state index in [0.29, 0.717) is 5.56 Å². The first kappa shape index (κ1) is 11.9. The van der Waals surface area contributed by atoms with E-state index in [1.807, 2.05) is 12.1 Å². The van der Waals surface area contributed by atoms with Gasteiger partial charge in [-0.25, -0.2) is 4.79 Å². The van der Waals surface area contributed by atoms with Crippen LogP contribution >= 0.6 is 22.6 Å². The zero-order chi connectivity index (χ0) is 11.7. The molecule has 3 nitrogen and oxygen atoms in total. The zero-order valence-corrected chi connectivity index (χ0v) is 11.6. The molecule has 1 aliphatic heterocycles. The standard InChI is InChI=1S/C12H14INO2/c1-14-4-3-8-5-9(12(15)16-2)6-11(13)10(8)7-14/h5-6H,3-4,7H2,1-2H3. The summed E-state index contributed by atoms with van der Waals surface area (Å²) >= 11 is 2.29. The van der Waals surface area contributed by atoms with Crippen molar-refractivity contribution in [1.82, 2.24) is 4.90 Å². The predicted molar refractivity (Wildman–Crippen MR) is 70.5 cm³/mol. The lowest BCUT2D eigenvalue weighted by Crippen LogP contribution is -2.27. The van der Waals surface area contributed by atoms with Crippen molar-refractivity contribution in [1.29, 1.82) is 0 Å². The molecule has 0 unspecified atom stereocenters. The lowest BCUT2D eigenvalue weighted by Gasteiger charge is -2.26. The third-order valence-electron chi connectivity index (χ3n) is 2.90. The maximum Gasteiger partial charge on any atom is 0.337 e. The van der Waals surface area contributed by atoms with Crippen LogP contribution in [0.1, 0.15) is 21.5 Å². The fourth-order valence-electron chi connectivity index (χ4n) is 1.99. The smallest absolute Gasteiger partial charge is 0.337 e. The maximum atomic E-state index is 11.5. The second-order valence-corrected chi connectivity index (χ2v) is 5.24. The Kier molecular flexibility index (Phi) is 3.49. The summed E-state index contributed by atoms with van der Waals surface area (Å²) in [6, 6.07) is 3.88. The minimum atomic E-state index is -0.250. The number of ether oxygens (including phenoxy) is 1. The number of halogens is 1. The largest absolute Gasteiger partial charge is 0.465 e. The first-order valence-electron chi connectivity index (χ1n) is 5.20. The van der Waals surface area contributed by atoms with E-state index in [1.54, 1.807) is 0 Å². The lowest BCUT2D eigenvalue weighted by molar-refractivity contribution is 0.0600. The Labute approximate surface area is 109 Å². The van der Waals surface area contributed by atoms with Gasteiger partial charge >= 0.3 is 5.97 Å². The fourth-order valence-corrected chi connectivity index (χ4v) is 2.84. The monoisotopic (exact) mass is 331 g/mol. The number of carbonyl (C=O) groups is 1. The number of hydrogen-bond acceptors (Lipinski definition) is 3. The summed E-state index contributed by atoms with van der Waals surface area (Å²) in [5.41, 5.74) is 3.29. The number of benzene rings is 1. The minimum Gasteiger partial charge on any atom is -0.465 e. The van der Waals surface area contributed by atoms with Gasteiger partial charge in [-0.15, -0.1) is 0 Å². The van der Waals surface area contributed by atoms with E-state index < -0.39 is 0 Å². The predicted octanol–water partition coefficient (Wildman–Crippen LogP) is 2.07. The van der Waals surface area contributed by atoms with Crippen LogP contribution in [0.3, 0.4) is 0 Å². The molecule has 0 saturated carbocycles. The molecule has 0 saturated heterocycles. The molecule has 2 rings (SSSR count). The molecule has 86 valence electrons. The quantitative estimate of drug-likeness (QED) is 0.583. The third kappa shape index (κ3) is 2.22. The molecule has 0 aromatic heterocycles. The topological polar surface area (TPSA) is 29.5 Å². The van der Waals surface area contributed by atoms with E-state index in [4.69, 9.17) is 4.74 Å². The van der Waals surface area contributed by atoms with Crippen LogP contribution in [0.25, 0.3) is 0 Å². The average Bonchev–Trinajstić information content (AvgIpc) is 2.28. The van der Waals surface area contributed by atoms with Gasteiger partial charge in [-0.3, -0.25) is 0 Å². The van der Waals surface area contributed by atoms with Crippen LogP contribution < -0.4 is 0 Å². The molecule has 4 heteroatoms. The van der Waals surface area contributed by atoms with Gasteiger partial charge < -0.3 is 9.64 Å². The van der Waals surface area contributed by atoms with Crippen LogP contribution in [0.5, 0.6) is 0 Å². The van der Waals surface area contributed by atoms with Crippen molar-refractivity contribution < 1.29 is 9.53 Å². The molecule has 1 aliphatic rings. The fraction of sp³-hybridized carbons (Fsp3) is 0.417. The number of carbonyl (C=O) groups excluding carboxylic acids is 1. The van der Waals surface area contributed by atoms with Crippen molar-refractivity contribution in [3.8, 4) is 0 Å². The van der Waals surface area contributed by atoms with Crippen LogP contribution in [0.2, 0.25) is 0 Å². The first-order valence-corrected chi connectivity index (χ1v) is 6.28. The number of methoxy groups -OCH3 is 1. The van der Waals surface area contributed by atoms with Gasteiger partial charge in [-0.2, -0.15) is 0 Å². The van der Waals surface area contributed by atoms with Crippen LogP contribution in [0.4, 0.5) is 0 Å². The summed E-state index contributed by atoms with van der Waals surface area (Å²) in [5.74, 6) is -0.250. The molecule has 0 amide bonds. The summed E-state index contributed by atoms with van der Waals surface area (Å²) in [4.78, 5) is 13.8. The molecular weight excluding hydrogens is 317 g/mol. The van der Waals surface area contributed by atoms with E-state index in [-0.39, 0.29) is 5.97 Å². The highest BCUT2D eigenvalue weighted by Crippen LogP contribution is 2.25. The maximum absolute atomic E-state index is 11.5. The van der Waals surface area contributed by atoms with E-state index in [0.717, 1.165) is 23.1 Å². The highest BCUT2D eigenvalue weighted by atomic mass is 127. The summed E-state index contributed by atoms with van der Waals surface area (Å²) in [6.45, 7) is 2.02. The van der Waals surface area contributed by atoms with Crippen LogP contribution in [-0.4, -0.2) is 31.6 Å². The molecule has 0 spiro atoms. The molecule has 0 radical (unpaired) electrons. The minimum absolute atomic E-state index is 0.250. The Hall–Kier alpha value is -0.620. The lowest BCUT2D eigenvalue weighted by atomic mass is 9.97. The van der Waals surface area contributed by atoms with Crippen molar-refractivity contribution in [2.45, 2.75) is 13.0 Å². The Balaban J connectivity index is 2.42. The Morgan fingerprint density at radius 1 is 1.50 bits per heavy atom. The van der Waals surface area contributed by atoms with Gasteiger partial charge in [0, 0.05) is 16.7 Å². The second-order valence-electron chi connectivity index (χ2n) is 4.08. The molecule has 0 bridgehead atoms. The van der Waals surface area contributed by atoms with Gasteiger partial charge in [0.25, 0.3) is 0 Å². The van der Waals surface area contributed by atoms with Crippen LogP contribution in [0, 0.1) is 3.57 Å². The van der Waals surface area contributed by atoms with Crippen LogP contribution in [-0.2, 0) is 17.7 Å². The van der Waals surface area contributed by atoms with E-state index in [2.05, 4.69) is 34.5 Å². The van der Waals surface area contributed by atoms with Crippen molar-refractivity contribution in [2.75, 3.05) is 20.7 Å². The molecule has 0 N–H and O–H groups in total. The Bertz CT molecular complexity index is 431. The number of fused-ring (bicyclic) bond motifs is 1. The molecule has 1 heterocycles. The molecule has 0 fully saturated rings.